The Morgan fingerprint density at radius 3 is 2.48 bits per heavy atom. The molecule has 1 amide bonds. The van der Waals surface area contributed by atoms with Crippen molar-refractivity contribution in [3.8, 4) is 5.75 Å². The van der Waals surface area contributed by atoms with Crippen molar-refractivity contribution < 1.29 is 13.9 Å². The SMILES string of the molecule is COc1ccc(CN2CCN(C(=O)C3(N)CCCCC3)CC2)cc1F. The zero-order valence-corrected chi connectivity index (χ0v) is 15.0. The highest BCUT2D eigenvalue weighted by Gasteiger charge is 2.39. The predicted molar refractivity (Wildman–Crippen MR) is 94.8 cm³/mol. The molecule has 1 heterocycles. The van der Waals surface area contributed by atoms with Gasteiger partial charge in [-0.3, -0.25) is 9.69 Å². The lowest BCUT2D eigenvalue weighted by atomic mass is 9.81. The number of amides is 1. The maximum Gasteiger partial charge on any atom is 0.242 e. The van der Waals surface area contributed by atoms with Gasteiger partial charge in [0.1, 0.15) is 0 Å². The van der Waals surface area contributed by atoms with Gasteiger partial charge in [-0.2, -0.15) is 0 Å². The normalized spacial score (nSPS) is 21.2. The Kier molecular flexibility index (Phi) is 5.59. The summed E-state index contributed by atoms with van der Waals surface area (Å²) in [6, 6.07) is 5.06. The summed E-state index contributed by atoms with van der Waals surface area (Å²) < 4.78 is 18.8. The van der Waals surface area contributed by atoms with Gasteiger partial charge < -0.3 is 15.4 Å². The average Bonchev–Trinajstić information content (AvgIpc) is 2.62. The molecule has 0 radical (unpaired) electrons. The molecule has 1 saturated heterocycles. The van der Waals surface area contributed by atoms with Gasteiger partial charge in [-0.15, -0.1) is 0 Å². The third-order valence-corrected chi connectivity index (χ3v) is 5.45. The van der Waals surface area contributed by atoms with Crippen molar-refractivity contribution in [2.75, 3.05) is 33.3 Å². The summed E-state index contributed by atoms with van der Waals surface area (Å²) in [4.78, 5) is 16.9. The molecule has 0 bridgehead atoms. The number of hydrogen-bond acceptors (Lipinski definition) is 4. The molecule has 2 fully saturated rings. The monoisotopic (exact) mass is 349 g/mol. The third-order valence-electron chi connectivity index (χ3n) is 5.45. The number of benzene rings is 1. The second kappa shape index (κ2) is 7.70. The molecule has 1 saturated carbocycles. The fourth-order valence-electron chi connectivity index (χ4n) is 3.89. The molecule has 1 aromatic carbocycles. The molecule has 0 atom stereocenters. The van der Waals surface area contributed by atoms with Crippen molar-refractivity contribution in [2.45, 2.75) is 44.2 Å². The first-order valence-corrected chi connectivity index (χ1v) is 9.15. The number of carbonyl (C=O) groups is 1. The first kappa shape index (κ1) is 18.1. The maximum absolute atomic E-state index is 13.8. The number of carbonyl (C=O) groups excluding carboxylic acids is 1. The molecular formula is C19H28FN3O2. The van der Waals surface area contributed by atoms with E-state index in [4.69, 9.17) is 10.5 Å². The van der Waals surface area contributed by atoms with Gasteiger partial charge in [-0.05, 0) is 30.5 Å². The largest absolute Gasteiger partial charge is 0.494 e. The summed E-state index contributed by atoms with van der Waals surface area (Å²) in [5.41, 5.74) is 6.64. The summed E-state index contributed by atoms with van der Waals surface area (Å²) in [6.45, 7) is 3.63. The quantitative estimate of drug-likeness (QED) is 0.905. The standard InChI is InChI=1S/C19H28FN3O2/c1-25-17-6-5-15(13-16(17)20)14-22-9-11-23(12-10-22)18(24)19(21)7-3-2-4-8-19/h5-6,13H,2-4,7-12,14,21H2,1H3. The molecule has 6 heteroatoms. The van der Waals surface area contributed by atoms with Crippen LogP contribution >= 0.6 is 0 Å². The van der Waals surface area contributed by atoms with Crippen LogP contribution in [-0.4, -0.2) is 54.5 Å². The van der Waals surface area contributed by atoms with Gasteiger partial charge >= 0.3 is 0 Å². The smallest absolute Gasteiger partial charge is 0.242 e. The zero-order chi connectivity index (χ0) is 17.9. The maximum atomic E-state index is 13.8. The number of nitrogens with zero attached hydrogens (tertiary/aromatic N) is 2. The highest BCUT2D eigenvalue weighted by atomic mass is 19.1. The van der Waals surface area contributed by atoms with Crippen LogP contribution < -0.4 is 10.5 Å². The van der Waals surface area contributed by atoms with Gasteiger partial charge in [-0.1, -0.05) is 25.3 Å². The number of nitrogens with two attached hydrogens (primary N) is 1. The second-order valence-corrected chi connectivity index (χ2v) is 7.25. The van der Waals surface area contributed by atoms with Crippen molar-refractivity contribution in [3.05, 3.63) is 29.6 Å². The Labute approximate surface area is 148 Å². The van der Waals surface area contributed by atoms with E-state index in [1.165, 1.54) is 19.6 Å². The minimum absolute atomic E-state index is 0.113. The van der Waals surface area contributed by atoms with E-state index in [1.54, 1.807) is 6.07 Å². The fraction of sp³-hybridized carbons (Fsp3) is 0.632. The van der Waals surface area contributed by atoms with Crippen LogP contribution in [0.15, 0.2) is 18.2 Å². The lowest BCUT2D eigenvalue weighted by molar-refractivity contribution is -0.140. The summed E-state index contributed by atoms with van der Waals surface area (Å²) >= 11 is 0. The lowest BCUT2D eigenvalue weighted by Crippen LogP contribution is -2.60. The van der Waals surface area contributed by atoms with E-state index in [1.807, 2.05) is 11.0 Å². The van der Waals surface area contributed by atoms with Crippen molar-refractivity contribution in [3.63, 3.8) is 0 Å². The van der Waals surface area contributed by atoms with Gasteiger partial charge in [-0.25, -0.2) is 4.39 Å². The molecule has 1 aliphatic heterocycles. The molecule has 0 aromatic heterocycles. The van der Waals surface area contributed by atoms with Crippen LogP contribution in [0.2, 0.25) is 0 Å². The fourth-order valence-corrected chi connectivity index (χ4v) is 3.89. The van der Waals surface area contributed by atoms with Gasteiger partial charge in [0.2, 0.25) is 5.91 Å². The van der Waals surface area contributed by atoms with Crippen LogP contribution in [-0.2, 0) is 11.3 Å². The van der Waals surface area contributed by atoms with Crippen LogP contribution in [0.5, 0.6) is 5.75 Å². The van der Waals surface area contributed by atoms with Crippen LogP contribution in [0.25, 0.3) is 0 Å². The number of methoxy groups -OCH3 is 1. The summed E-state index contributed by atoms with van der Waals surface area (Å²) in [5.74, 6) is 0.0402. The number of piperazine rings is 1. The van der Waals surface area contributed by atoms with Crippen molar-refractivity contribution in [1.82, 2.24) is 9.80 Å². The number of rotatable bonds is 4. The highest BCUT2D eigenvalue weighted by Crippen LogP contribution is 2.28. The van der Waals surface area contributed by atoms with E-state index >= 15 is 0 Å². The molecular weight excluding hydrogens is 321 g/mol. The summed E-state index contributed by atoms with van der Waals surface area (Å²) in [5, 5.41) is 0. The minimum Gasteiger partial charge on any atom is -0.494 e. The zero-order valence-electron chi connectivity index (χ0n) is 15.0. The van der Waals surface area contributed by atoms with Crippen LogP contribution in [0.4, 0.5) is 4.39 Å². The summed E-state index contributed by atoms with van der Waals surface area (Å²) in [6.07, 6.45) is 4.88. The highest BCUT2D eigenvalue weighted by molar-refractivity contribution is 5.86. The molecule has 5 nitrogen and oxygen atoms in total. The van der Waals surface area contributed by atoms with Gasteiger partial charge in [0, 0.05) is 32.7 Å². The van der Waals surface area contributed by atoms with Crippen LogP contribution in [0, 0.1) is 5.82 Å². The number of ether oxygens (including phenoxy) is 1. The first-order valence-electron chi connectivity index (χ1n) is 9.15. The number of halogens is 1. The molecule has 3 rings (SSSR count). The van der Waals surface area contributed by atoms with Crippen LogP contribution in [0.1, 0.15) is 37.7 Å². The van der Waals surface area contributed by atoms with Crippen molar-refractivity contribution in [2.24, 2.45) is 5.73 Å². The topological polar surface area (TPSA) is 58.8 Å². The van der Waals surface area contributed by atoms with Gasteiger partial charge in [0.15, 0.2) is 11.6 Å². The van der Waals surface area contributed by atoms with E-state index in [0.29, 0.717) is 19.6 Å². The first-order chi connectivity index (χ1) is 12.0. The van der Waals surface area contributed by atoms with Gasteiger partial charge in [0.25, 0.3) is 0 Å². The molecule has 25 heavy (non-hydrogen) atoms. The third kappa shape index (κ3) is 4.12. The van der Waals surface area contributed by atoms with E-state index in [9.17, 15) is 9.18 Å². The second-order valence-electron chi connectivity index (χ2n) is 7.25. The van der Waals surface area contributed by atoms with E-state index in [-0.39, 0.29) is 17.5 Å². The Balaban J connectivity index is 1.53. The molecule has 2 aliphatic rings. The molecule has 1 aliphatic carbocycles. The van der Waals surface area contributed by atoms with Crippen molar-refractivity contribution in [1.29, 1.82) is 0 Å². The Morgan fingerprint density at radius 2 is 1.88 bits per heavy atom. The Morgan fingerprint density at radius 1 is 1.20 bits per heavy atom. The van der Waals surface area contributed by atoms with E-state index in [2.05, 4.69) is 4.90 Å². The lowest BCUT2D eigenvalue weighted by Gasteiger charge is -2.41. The molecule has 1 aromatic rings. The Bertz CT molecular complexity index is 609. The average molecular weight is 349 g/mol. The molecule has 2 N–H and O–H groups in total. The van der Waals surface area contributed by atoms with E-state index in [0.717, 1.165) is 44.3 Å². The minimum atomic E-state index is -0.653. The van der Waals surface area contributed by atoms with Gasteiger partial charge in [0.05, 0.1) is 12.6 Å². The van der Waals surface area contributed by atoms with E-state index < -0.39 is 5.54 Å². The molecule has 0 spiro atoms. The van der Waals surface area contributed by atoms with Crippen molar-refractivity contribution >= 4 is 5.91 Å². The summed E-state index contributed by atoms with van der Waals surface area (Å²) in [7, 11) is 1.46. The Hall–Kier alpha value is -1.66. The van der Waals surface area contributed by atoms with Crippen LogP contribution in [0.3, 0.4) is 0 Å². The predicted octanol–water partition coefficient (Wildman–Crippen LogP) is 2.14. The molecule has 0 unspecified atom stereocenters. The molecule has 138 valence electrons. The number of hydrogen-bond donors (Lipinski definition) is 1.